The summed E-state index contributed by atoms with van der Waals surface area (Å²) < 4.78 is 16.2. The summed E-state index contributed by atoms with van der Waals surface area (Å²) >= 11 is 6.22. The number of carbonyl (C=O) groups excluding carboxylic acids is 1. The topological polar surface area (TPSA) is 98.7 Å². The molecule has 3 aromatic rings. The summed E-state index contributed by atoms with van der Waals surface area (Å²) in [6, 6.07) is 11.1. The molecule has 1 aromatic carbocycles. The van der Waals surface area contributed by atoms with E-state index in [1.54, 1.807) is 25.4 Å². The Hall–Kier alpha value is -3.43. The minimum atomic E-state index is -0.525. The third-order valence-electron chi connectivity index (χ3n) is 4.51. The number of nitrogens with one attached hydrogen (secondary N) is 1. The van der Waals surface area contributed by atoms with Gasteiger partial charge >= 0.3 is 12.0 Å². The van der Waals surface area contributed by atoms with Crippen molar-refractivity contribution in [2.75, 3.05) is 39.7 Å². The van der Waals surface area contributed by atoms with Crippen LogP contribution in [-0.2, 0) is 17.9 Å². The van der Waals surface area contributed by atoms with Gasteiger partial charge in [0.25, 0.3) is 0 Å². The van der Waals surface area contributed by atoms with Crippen LogP contribution in [0.4, 0.5) is 5.82 Å². The molecule has 1 N–H and O–H groups in total. The van der Waals surface area contributed by atoms with Crippen molar-refractivity contribution in [1.29, 1.82) is 0 Å². The van der Waals surface area contributed by atoms with Crippen molar-refractivity contribution in [3.8, 4) is 11.8 Å². The first kappa shape index (κ1) is 24.2. The number of pyridine rings is 1. The predicted molar refractivity (Wildman–Crippen MR) is 125 cm³/mol. The molecule has 0 bridgehead atoms. The van der Waals surface area contributed by atoms with Gasteiger partial charge in [-0.3, -0.25) is 4.98 Å². The Balaban J connectivity index is 1.76. The molecular weight excluding hydrogens is 446 g/mol. The van der Waals surface area contributed by atoms with Crippen molar-refractivity contribution in [2.24, 2.45) is 0 Å². The van der Waals surface area contributed by atoms with Crippen LogP contribution in [0, 0.1) is 0 Å². The lowest BCUT2D eigenvalue weighted by atomic mass is 10.2. The highest BCUT2D eigenvalue weighted by Crippen LogP contribution is 2.26. The number of nitrogens with zero attached hydrogens (tertiary/aromatic N) is 4. The second-order valence-corrected chi connectivity index (χ2v) is 7.69. The molecular formula is C23H26ClN5O4. The predicted octanol–water partition coefficient (Wildman–Crippen LogP) is 3.44. The van der Waals surface area contributed by atoms with E-state index in [0.29, 0.717) is 29.7 Å². The van der Waals surface area contributed by atoms with Crippen molar-refractivity contribution in [2.45, 2.75) is 13.2 Å². The average Bonchev–Trinajstić information content (AvgIpc) is 2.82. The maximum absolute atomic E-state index is 12.6. The lowest BCUT2D eigenvalue weighted by Crippen LogP contribution is -2.21. The molecule has 174 valence electrons. The number of benzene rings is 1. The van der Waals surface area contributed by atoms with E-state index in [1.165, 1.54) is 6.20 Å². The molecule has 9 nitrogen and oxygen atoms in total. The third-order valence-corrected chi connectivity index (χ3v) is 4.81. The van der Waals surface area contributed by atoms with Crippen LogP contribution in [0.3, 0.4) is 0 Å². The summed E-state index contributed by atoms with van der Waals surface area (Å²) in [5.41, 5.74) is 1.82. The Labute approximate surface area is 197 Å². The van der Waals surface area contributed by atoms with E-state index in [4.69, 9.17) is 25.8 Å². The first-order valence-electron chi connectivity index (χ1n) is 10.2. The monoisotopic (exact) mass is 471 g/mol. The molecule has 0 unspecified atom stereocenters. The maximum Gasteiger partial charge on any atom is 0.343 e. The number of hydrogen-bond acceptors (Lipinski definition) is 9. The number of methoxy groups -OCH3 is 1. The zero-order valence-electron chi connectivity index (χ0n) is 18.7. The van der Waals surface area contributed by atoms with E-state index in [9.17, 15) is 4.79 Å². The first-order valence-corrected chi connectivity index (χ1v) is 10.6. The fourth-order valence-electron chi connectivity index (χ4n) is 2.75. The molecule has 0 saturated carbocycles. The molecule has 0 aliphatic carbocycles. The van der Waals surface area contributed by atoms with E-state index in [2.05, 4.69) is 20.3 Å². The highest BCUT2D eigenvalue weighted by Gasteiger charge is 2.17. The minimum Gasteiger partial charge on any atom is -0.495 e. The molecule has 33 heavy (non-hydrogen) atoms. The highest BCUT2D eigenvalue weighted by atomic mass is 35.5. The number of carbonyl (C=O) groups is 1. The molecule has 2 aromatic heterocycles. The fraction of sp³-hybridized carbons (Fsp3) is 0.304. The van der Waals surface area contributed by atoms with Crippen LogP contribution in [-0.4, -0.2) is 60.2 Å². The summed E-state index contributed by atoms with van der Waals surface area (Å²) in [6.45, 7) is 1.40. The molecule has 0 radical (unpaired) electrons. The van der Waals surface area contributed by atoms with Crippen LogP contribution in [0.2, 0.25) is 5.02 Å². The summed E-state index contributed by atoms with van der Waals surface area (Å²) in [7, 11) is 5.36. The van der Waals surface area contributed by atoms with E-state index >= 15 is 0 Å². The van der Waals surface area contributed by atoms with Gasteiger partial charge < -0.3 is 24.4 Å². The number of ether oxygens (including phenoxy) is 3. The fourth-order valence-corrected chi connectivity index (χ4v) is 3.03. The van der Waals surface area contributed by atoms with Crippen LogP contribution in [0.1, 0.15) is 21.6 Å². The van der Waals surface area contributed by atoms with Gasteiger partial charge in [0.05, 0.1) is 24.0 Å². The molecule has 10 heteroatoms. The second kappa shape index (κ2) is 12.0. The van der Waals surface area contributed by atoms with Crippen molar-refractivity contribution in [3.63, 3.8) is 0 Å². The lowest BCUT2D eigenvalue weighted by Gasteiger charge is -2.14. The lowest BCUT2D eigenvalue weighted by molar-refractivity contribution is 0.0482. The molecule has 0 fully saturated rings. The van der Waals surface area contributed by atoms with Gasteiger partial charge in [-0.25, -0.2) is 9.78 Å². The normalized spacial score (nSPS) is 10.7. The quantitative estimate of drug-likeness (QED) is 0.421. The third kappa shape index (κ3) is 7.30. The number of halogens is 1. The van der Waals surface area contributed by atoms with Gasteiger partial charge in [0.15, 0.2) is 0 Å². The summed E-state index contributed by atoms with van der Waals surface area (Å²) in [4.78, 5) is 27.3. The number of anilines is 1. The molecule has 0 amide bonds. The number of likely N-dealkylation sites (N-methyl/N-ethyl adjacent to an activating group) is 1. The van der Waals surface area contributed by atoms with Gasteiger partial charge in [-0.1, -0.05) is 23.7 Å². The Bertz CT molecular complexity index is 1070. The largest absolute Gasteiger partial charge is 0.495 e. The van der Waals surface area contributed by atoms with E-state index in [0.717, 1.165) is 11.3 Å². The van der Waals surface area contributed by atoms with Crippen LogP contribution < -0.4 is 14.8 Å². The Kier molecular flexibility index (Phi) is 8.79. The maximum atomic E-state index is 12.6. The van der Waals surface area contributed by atoms with Crippen LogP contribution >= 0.6 is 11.6 Å². The van der Waals surface area contributed by atoms with E-state index in [-0.39, 0.29) is 24.8 Å². The van der Waals surface area contributed by atoms with Crippen molar-refractivity contribution >= 4 is 23.4 Å². The zero-order chi connectivity index (χ0) is 23.6. The number of aromatic nitrogens is 3. The van der Waals surface area contributed by atoms with Crippen LogP contribution in [0.15, 0.2) is 48.8 Å². The van der Waals surface area contributed by atoms with Gasteiger partial charge in [0, 0.05) is 19.3 Å². The van der Waals surface area contributed by atoms with E-state index < -0.39 is 5.97 Å². The summed E-state index contributed by atoms with van der Waals surface area (Å²) in [6.07, 6.45) is 3.07. The van der Waals surface area contributed by atoms with Gasteiger partial charge in [0.1, 0.15) is 30.3 Å². The van der Waals surface area contributed by atoms with Gasteiger partial charge in [-0.15, -0.1) is 0 Å². The van der Waals surface area contributed by atoms with Crippen LogP contribution in [0.25, 0.3) is 0 Å². The molecule has 3 rings (SSSR count). The average molecular weight is 472 g/mol. The highest BCUT2D eigenvalue weighted by molar-refractivity contribution is 6.32. The first-order chi connectivity index (χ1) is 16.0. The van der Waals surface area contributed by atoms with Crippen molar-refractivity contribution in [1.82, 2.24) is 19.9 Å². The Morgan fingerprint density at radius 3 is 2.73 bits per heavy atom. The molecule has 0 saturated heterocycles. The van der Waals surface area contributed by atoms with Crippen molar-refractivity contribution in [3.05, 3.63) is 70.6 Å². The summed E-state index contributed by atoms with van der Waals surface area (Å²) in [5, 5.41) is 3.64. The Morgan fingerprint density at radius 1 is 1.18 bits per heavy atom. The van der Waals surface area contributed by atoms with Gasteiger partial charge in [-0.2, -0.15) is 4.98 Å². The van der Waals surface area contributed by atoms with Crippen molar-refractivity contribution < 1.29 is 19.0 Å². The summed E-state index contributed by atoms with van der Waals surface area (Å²) in [5.74, 6) is 0.351. The Morgan fingerprint density at radius 2 is 2.03 bits per heavy atom. The number of hydrogen-bond donors (Lipinski definition) is 1. The standard InChI is InChI=1S/C23H26ClN5O4/c1-29(2)10-11-32-22(30)18-14-27-23(33-15-17-6-4-5-9-25-17)28-21(18)26-13-16-7-8-20(31-3)19(24)12-16/h4-9,12,14H,10-11,13,15H2,1-3H3,(H,26,27,28). The molecule has 0 atom stereocenters. The minimum absolute atomic E-state index is 0.112. The SMILES string of the molecule is COc1ccc(CNc2nc(OCc3ccccn3)ncc2C(=O)OCCN(C)C)cc1Cl. The molecule has 0 spiro atoms. The van der Waals surface area contributed by atoms with Gasteiger partial charge in [0.2, 0.25) is 0 Å². The smallest absolute Gasteiger partial charge is 0.343 e. The number of esters is 1. The zero-order valence-corrected chi connectivity index (χ0v) is 19.5. The number of rotatable bonds is 11. The van der Waals surface area contributed by atoms with E-state index in [1.807, 2.05) is 43.3 Å². The molecule has 2 heterocycles. The molecule has 0 aliphatic heterocycles. The molecule has 0 aliphatic rings. The van der Waals surface area contributed by atoms with Crippen LogP contribution in [0.5, 0.6) is 11.8 Å². The van der Waals surface area contributed by atoms with Gasteiger partial charge in [-0.05, 0) is 43.9 Å². The second-order valence-electron chi connectivity index (χ2n) is 7.29.